The van der Waals surface area contributed by atoms with Crippen molar-refractivity contribution in [3.05, 3.63) is 120 Å². The predicted molar refractivity (Wildman–Crippen MR) is 402 cm³/mol. The number of fused-ring (bicyclic) bond motifs is 8. The van der Waals surface area contributed by atoms with Gasteiger partial charge in [0, 0.05) is 119 Å². The molecule has 0 aliphatic carbocycles. The molecule has 8 aliphatic rings. The van der Waals surface area contributed by atoms with E-state index in [0.29, 0.717) is 35.6 Å². The van der Waals surface area contributed by atoms with Gasteiger partial charge in [-0.25, -0.2) is 14.6 Å². The number of carbonyl (C=O) groups is 12. The zero-order valence-corrected chi connectivity index (χ0v) is 64.2. The molecule has 8 amide bonds. The molecule has 9 heterocycles. The second-order valence-electron chi connectivity index (χ2n) is 29.6. The van der Waals surface area contributed by atoms with Crippen LogP contribution < -0.4 is 26.2 Å². The number of cyclic esters (lactones) is 2. The highest BCUT2D eigenvalue weighted by molar-refractivity contribution is 8.00. The second kappa shape index (κ2) is 36.5. The van der Waals surface area contributed by atoms with Gasteiger partial charge < -0.3 is 69.7 Å². The van der Waals surface area contributed by atoms with Gasteiger partial charge in [0.2, 0.25) is 47.2 Å². The molecule has 7 fully saturated rings. The number of oxazole rings is 1. The van der Waals surface area contributed by atoms with Crippen LogP contribution in [0.2, 0.25) is 0 Å². The number of esters is 2. The maximum Gasteiger partial charge on any atom is 0.333 e. The summed E-state index contributed by atoms with van der Waals surface area (Å²) in [4.78, 5) is 191. The van der Waals surface area contributed by atoms with Gasteiger partial charge in [-0.1, -0.05) is 93.1 Å². The Morgan fingerprint density at radius 1 is 0.804 bits per heavy atom. The van der Waals surface area contributed by atoms with Gasteiger partial charge in [0.05, 0.1) is 12.5 Å². The third-order valence-electron chi connectivity index (χ3n) is 21.8. The van der Waals surface area contributed by atoms with Crippen molar-refractivity contribution in [2.45, 2.75) is 189 Å². The molecule has 7 saturated heterocycles. The number of rotatable bonds is 14. The zero-order valence-electron chi connectivity index (χ0n) is 62.6. The van der Waals surface area contributed by atoms with Crippen LogP contribution in [-0.2, 0) is 75.1 Å². The van der Waals surface area contributed by atoms with Crippen LogP contribution in [0.3, 0.4) is 0 Å². The summed E-state index contributed by atoms with van der Waals surface area (Å²) in [5.74, 6) is -8.38. The molecule has 0 radical (unpaired) electrons. The first-order valence-electron chi connectivity index (χ1n) is 37.4. The number of hydrogen-bond acceptors (Lipinski definition) is 21. The quantitative estimate of drug-likeness (QED) is 0.137. The molecule has 27 nitrogen and oxygen atoms in total. The number of benzene rings is 2. The first-order valence-corrected chi connectivity index (χ1v) is 39.5. The number of likely N-dealkylation sites (N-methyl/N-ethyl adjacent to an activating group) is 1. The summed E-state index contributed by atoms with van der Waals surface area (Å²) in [5.41, 5.74) is 0.506. The largest absolute Gasteiger partial charge is 0.460 e. The van der Waals surface area contributed by atoms with Crippen LogP contribution in [0.4, 0.5) is 5.69 Å². The minimum Gasteiger partial charge on any atom is -0.460 e. The Hall–Kier alpha value is -8.67. The topological polar surface area (TPSA) is 337 Å². The van der Waals surface area contributed by atoms with Gasteiger partial charge in [-0.3, -0.25) is 47.9 Å². The number of hydrogen-bond donors (Lipinski definition) is 5. The number of ether oxygens (including phenoxy) is 2. The van der Waals surface area contributed by atoms with Crippen LogP contribution in [0.15, 0.2) is 101 Å². The fourth-order valence-corrected chi connectivity index (χ4v) is 18.2. The average Bonchev–Trinajstić information content (AvgIpc) is 1.20. The first-order chi connectivity index (χ1) is 51.1. The van der Waals surface area contributed by atoms with Crippen molar-refractivity contribution in [1.29, 1.82) is 0 Å². The molecule has 5 N–H and O–H groups in total. The summed E-state index contributed by atoms with van der Waals surface area (Å²) in [7, 11) is 5.30. The Balaban J connectivity index is 0.931. The van der Waals surface area contributed by atoms with E-state index in [-0.39, 0.29) is 105 Å². The molecule has 3 unspecified atom stereocenters. The molecule has 29 heteroatoms. The van der Waals surface area contributed by atoms with E-state index in [2.05, 4.69) is 31.2 Å². The number of aromatic nitrogens is 1. The van der Waals surface area contributed by atoms with E-state index in [1.54, 1.807) is 81.1 Å². The Morgan fingerprint density at radius 2 is 1.54 bits per heavy atom. The number of nitrogens with zero attached hydrogens (tertiary/aromatic N) is 7. The Bertz CT molecular complexity index is 3860. The third kappa shape index (κ3) is 20.0. The number of piperidine rings is 4. The normalized spacial score (nSPS) is 31.8. The molecule has 4 bridgehead atoms. The number of amides is 8. The van der Waals surface area contributed by atoms with Gasteiger partial charge in [0.25, 0.3) is 5.91 Å². The smallest absolute Gasteiger partial charge is 0.333 e. The van der Waals surface area contributed by atoms with Crippen LogP contribution in [0, 0.1) is 17.8 Å². The number of ketones is 2. The van der Waals surface area contributed by atoms with Crippen molar-refractivity contribution in [2.75, 3.05) is 83.4 Å². The zero-order chi connectivity index (χ0) is 77.0. The number of carbonyl (C=O) groups excluding carboxylic acids is 12. The van der Waals surface area contributed by atoms with Crippen LogP contribution in [0.5, 0.6) is 0 Å². The number of aliphatic hydroxyl groups is 1. The van der Waals surface area contributed by atoms with Gasteiger partial charge in [-0.15, -0.1) is 0 Å². The number of allylic oxidation sites excluding steroid dienone is 2. The van der Waals surface area contributed by atoms with E-state index in [1.807, 2.05) is 50.2 Å². The monoisotopic (exact) mass is 1510 g/mol. The van der Waals surface area contributed by atoms with E-state index in [9.17, 15) is 33.9 Å². The van der Waals surface area contributed by atoms with Gasteiger partial charge in [0.1, 0.15) is 65.8 Å². The molecule has 8 aliphatic heterocycles. The van der Waals surface area contributed by atoms with Crippen molar-refractivity contribution in [1.82, 2.24) is 50.8 Å². The number of thioether (sulfide) groups is 2. The van der Waals surface area contributed by atoms with Crippen molar-refractivity contribution in [2.24, 2.45) is 17.8 Å². The lowest BCUT2D eigenvalue weighted by Crippen LogP contribution is -2.65. The van der Waals surface area contributed by atoms with Gasteiger partial charge in [-0.2, -0.15) is 23.5 Å². The minimum absolute atomic E-state index is 0.0135. The highest BCUT2D eigenvalue weighted by atomic mass is 32.2. The molecule has 14 atom stereocenters. The summed E-state index contributed by atoms with van der Waals surface area (Å²) < 4.78 is 18.0. The maximum absolute atomic E-state index is 16.0. The summed E-state index contributed by atoms with van der Waals surface area (Å²) >= 11 is 2.89. The standard InChI is InChI=1S/C78H103N11O16S2/c1-10-61-47(4)21-26-64(93)79-31-15-17-46(3)37-54(90)39-55(91)40-66-80-56(44-103-66)72(97)88-35-29-62(69(88)76(101)105-61)106-36-30-65(94)81-67-48(5)104-75(100)68(51-18-13-12-14-19-51)82-70(95)58-41-60(92)52(45-107-63-43-86-33-27-50(63)28-34-86)42-89(58)74(99)59(38-49-22-24-53(25-23-49)84(7)8)85(9)73(98)57-20-16-32-87(57)77(102)78(6,11-2)83-71(67)96/h12-15,17-19,21-26,37,44,47-48,50,52,54,57-59,61-63,67-69,90H,10-11,16,20,27-36,38-43,45H2,1-9H3,(H,79,93)(H,81,94)(H,82,95)(H,83,96)/b17-15+,26-21+,46-37+/t47-,48-,52+,54-,57+,58+,59+,61-,62?,63?,67+,68+,69?,78+/m1/s1. The van der Waals surface area contributed by atoms with Gasteiger partial charge in [0.15, 0.2) is 11.7 Å². The fraction of sp³-hybridized carbons (Fsp3) is 0.577. The molecule has 11 rings (SSSR count). The molecular formula is C78H103N11O16S2. The molecule has 2 aromatic carbocycles. The van der Waals surface area contributed by atoms with E-state index in [4.69, 9.17) is 13.9 Å². The van der Waals surface area contributed by atoms with Crippen LogP contribution in [0.25, 0.3) is 0 Å². The van der Waals surface area contributed by atoms with E-state index in [1.165, 1.54) is 64.4 Å². The number of aliphatic hydroxyl groups excluding tert-OH is 1. The Labute approximate surface area is 633 Å². The molecule has 578 valence electrons. The summed E-state index contributed by atoms with van der Waals surface area (Å²) in [5, 5.41) is 21.5. The Kier molecular flexibility index (Phi) is 27.6. The molecule has 107 heavy (non-hydrogen) atoms. The summed E-state index contributed by atoms with van der Waals surface area (Å²) in [6.07, 6.45) is 7.31. The lowest BCUT2D eigenvalue weighted by Gasteiger charge is -2.45. The third-order valence-corrected chi connectivity index (χ3v) is 24.7. The first kappa shape index (κ1) is 80.9. The van der Waals surface area contributed by atoms with Gasteiger partial charge in [-0.05, 0) is 114 Å². The van der Waals surface area contributed by atoms with Crippen LogP contribution in [-0.4, -0.2) is 248 Å². The van der Waals surface area contributed by atoms with E-state index < -0.39 is 149 Å². The minimum atomic E-state index is -1.76. The fourth-order valence-electron chi connectivity index (χ4n) is 15.3. The molecule has 3 aromatic rings. The SMILES string of the molecule is CC[C@H]1OC(=O)C2C(SCCC(=O)N[C@@H]3C(=O)N[C@@](C)(CC)C(=O)N4CCC[C@H]4C(=O)N(C)[C@@H](Cc4ccc(N(C)C)cc4)C(=O)N4C[C@@H](CSC5CN6CCC5CC6)C(=O)C[C@H]4C(=O)N[C@@H](c4ccccc4)C(=O)O[C@@H]3C)CCN2C(=O)c2coc(n2)CC(=O)C[C@H](O)/C=C(C)/C=C/CNC(=O)/C=C/[C@H]1C. The maximum atomic E-state index is 16.0. The lowest BCUT2D eigenvalue weighted by atomic mass is 9.88. The highest BCUT2D eigenvalue weighted by Gasteiger charge is 2.51. The Morgan fingerprint density at radius 3 is 2.23 bits per heavy atom. The van der Waals surface area contributed by atoms with Crippen molar-refractivity contribution < 1.29 is 76.5 Å². The number of Topliss-reactive ketones (excluding diaryl/α,β-unsaturated/α-hetero) is 2. The highest BCUT2D eigenvalue weighted by Crippen LogP contribution is 2.39. The predicted octanol–water partition coefficient (Wildman–Crippen LogP) is 4.70. The van der Waals surface area contributed by atoms with E-state index in [0.717, 1.165) is 44.4 Å². The van der Waals surface area contributed by atoms with Crippen molar-refractivity contribution >= 4 is 100.0 Å². The van der Waals surface area contributed by atoms with Gasteiger partial charge >= 0.3 is 11.9 Å². The van der Waals surface area contributed by atoms with Crippen LogP contribution in [0.1, 0.15) is 139 Å². The number of nitrogens with one attached hydrogen (secondary N) is 4. The lowest BCUT2D eigenvalue weighted by molar-refractivity contribution is -0.158. The molecular weight excluding hydrogens is 1410 g/mol. The summed E-state index contributed by atoms with van der Waals surface area (Å²) in [6.45, 7) is 12.9. The molecule has 1 aromatic heterocycles. The second-order valence-corrected chi connectivity index (χ2v) is 32.3. The number of anilines is 1. The van der Waals surface area contributed by atoms with Crippen molar-refractivity contribution in [3.63, 3.8) is 0 Å². The molecule has 0 spiro atoms. The summed E-state index contributed by atoms with van der Waals surface area (Å²) in [6, 6.07) is 7.15. The van der Waals surface area contributed by atoms with Crippen LogP contribution >= 0.6 is 23.5 Å². The average molecular weight is 1510 g/mol. The molecule has 0 saturated carbocycles. The van der Waals surface area contributed by atoms with Crippen molar-refractivity contribution in [3.8, 4) is 0 Å². The van der Waals surface area contributed by atoms with E-state index >= 15 is 28.8 Å².